The van der Waals surface area contributed by atoms with Crippen molar-refractivity contribution in [3.8, 4) is 23.7 Å². The number of ether oxygens (including phenoxy) is 3. The molecule has 1 aliphatic carbocycles. The third-order valence-electron chi connectivity index (χ3n) is 5.93. The maximum Gasteiger partial charge on any atom is 0.338 e. The average molecular weight is 505 g/mol. The number of benzene rings is 3. The molecule has 188 valence electrons. The lowest BCUT2D eigenvalue weighted by Crippen LogP contribution is -2.38. The Balaban J connectivity index is 2.02. The highest BCUT2D eigenvalue weighted by molar-refractivity contribution is 6.13. The first kappa shape index (κ1) is 26.2. The Hall–Kier alpha value is -4.91. The fourth-order valence-electron chi connectivity index (χ4n) is 4.33. The lowest BCUT2D eigenvalue weighted by Gasteiger charge is -2.35. The molecule has 0 fully saturated rings. The Morgan fingerprint density at radius 3 is 2.03 bits per heavy atom. The van der Waals surface area contributed by atoms with Crippen LogP contribution in [0.3, 0.4) is 0 Å². The van der Waals surface area contributed by atoms with E-state index in [1.54, 1.807) is 78.9 Å². The number of rotatable bonds is 4. The molecule has 6 heteroatoms. The molecule has 0 aliphatic heterocycles. The van der Waals surface area contributed by atoms with Gasteiger partial charge >= 0.3 is 11.9 Å². The third kappa shape index (κ3) is 4.99. The monoisotopic (exact) mass is 504 g/mol. The molecule has 38 heavy (non-hydrogen) atoms. The Kier molecular flexibility index (Phi) is 7.87. The topological polar surface area (TPSA) is 78.9 Å². The van der Waals surface area contributed by atoms with Crippen molar-refractivity contribution in [1.29, 1.82) is 0 Å². The van der Waals surface area contributed by atoms with E-state index in [4.69, 9.17) is 14.2 Å². The molecule has 0 atom stereocenters. The molecule has 0 aromatic heterocycles. The Morgan fingerprint density at radius 2 is 1.45 bits per heavy atom. The summed E-state index contributed by atoms with van der Waals surface area (Å²) in [6, 6.07) is 20.7. The molecule has 4 rings (SSSR count). The lowest BCUT2D eigenvalue weighted by atomic mass is 9.74. The molecule has 0 unspecified atom stereocenters. The lowest BCUT2D eigenvalue weighted by molar-refractivity contribution is -0.149. The van der Waals surface area contributed by atoms with Gasteiger partial charge in [-0.1, -0.05) is 84.5 Å². The van der Waals surface area contributed by atoms with E-state index in [1.807, 2.05) is 0 Å². The van der Waals surface area contributed by atoms with Crippen molar-refractivity contribution in [2.24, 2.45) is 0 Å². The predicted octanol–water partition coefficient (Wildman–Crippen LogP) is 4.56. The van der Waals surface area contributed by atoms with Gasteiger partial charge in [0, 0.05) is 53.5 Å². The normalized spacial score (nSPS) is 13.0. The predicted molar refractivity (Wildman–Crippen MR) is 142 cm³/mol. The molecular weight excluding hydrogens is 480 g/mol. The van der Waals surface area contributed by atoms with Crippen LogP contribution in [-0.4, -0.2) is 38.5 Å². The van der Waals surface area contributed by atoms with E-state index in [0.29, 0.717) is 39.0 Å². The molecule has 0 bridgehead atoms. The van der Waals surface area contributed by atoms with Crippen LogP contribution in [0.25, 0.3) is 5.57 Å². The number of fused-ring (bicyclic) bond motifs is 2. The third-order valence-corrected chi connectivity index (χ3v) is 5.93. The summed E-state index contributed by atoms with van der Waals surface area (Å²) in [5.74, 6) is 10.7. The van der Waals surface area contributed by atoms with Gasteiger partial charge in [0.2, 0.25) is 5.60 Å². The van der Waals surface area contributed by atoms with Crippen LogP contribution in [0.15, 0.2) is 78.9 Å². The molecule has 0 saturated carbocycles. The zero-order valence-electron chi connectivity index (χ0n) is 21.2. The van der Waals surface area contributed by atoms with E-state index < -0.39 is 17.5 Å². The summed E-state index contributed by atoms with van der Waals surface area (Å²) in [5, 5.41) is 0. The Bertz CT molecular complexity index is 1520. The van der Waals surface area contributed by atoms with Crippen LogP contribution < -0.4 is 0 Å². The van der Waals surface area contributed by atoms with E-state index >= 15 is 0 Å². The van der Waals surface area contributed by atoms with Gasteiger partial charge in [-0.15, -0.1) is 0 Å². The fraction of sp³-hybridized carbons (Fsp3) is 0.156. The van der Waals surface area contributed by atoms with E-state index in [2.05, 4.69) is 23.7 Å². The minimum Gasteiger partial charge on any atom is -0.465 e. The van der Waals surface area contributed by atoms with Crippen molar-refractivity contribution in [1.82, 2.24) is 0 Å². The molecule has 0 heterocycles. The van der Waals surface area contributed by atoms with Crippen molar-refractivity contribution in [2.45, 2.75) is 12.5 Å². The highest BCUT2D eigenvalue weighted by atomic mass is 16.6. The first-order valence-corrected chi connectivity index (χ1v) is 11.7. The van der Waals surface area contributed by atoms with Gasteiger partial charge in [0.25, 0.3) is 0 Å². The summed E-state index contributed by atoms with van der Waals surface area (Å²) < 4.78 is 15.9. The van der Waals surface area contributed by atoms with E-state index in [1.165, 1.54) is 21.1 Å². The van der Waals surface area contributed by atoms with E-state index in [9.17, 15) is 14.4 Å². The van der Waals surface area contributed by atoms with Crippen LogP contribution in [-0.2, 0) is 24.6 Å². The number of hydrogen-bond acceptors (Lipinski definition) is 6. The van der Waals surface area contributed by atoms with Crippen LogP contribution in [0.5, 0.6) is 0 Å². The summed E-state index contributed by atoms with van der Waals surface area (Å²) in [7, 11) is 2.84. The van der Waals surface area contributed by atoms with Gasteiger partial charge in [0.1, 0.15) is 6.61 Å². The fourth-order valence-corrected chi connectivity index (χ4v) is 4.33. The second-order valence-corrected chi connectivity index (χ2v) is 8.29. The number of ketones is 1. The van der Waals surface area contributed by atoms with Crippen molar-refractivity contribution in [3.63, 3.8) is 0 Å². The van der Waals surface area contributed by atoms with E-state index in [-0.39, 0.29) is 12.4 Å². The molecule has 0 amide bonds. The highest BCUT2D eigenvalue weighted by Crippen LogP contribution is 2.42. The molecule has 0 saturated heterocycles. The molecule has 1 aliphatic rings. The van der Waals surface area contributed by atoms with Gasteiger partial charge in [-0.3, -0.25) is 9.59 Å². The minimum absolute atomic E-state index is 0.182. The molecule has 0 spiro atoms. The Morgan fingerprint density at radius 1 is 0.868 bits per heavy atom. The van der Waals surface area contributed by atoms with Gasteiger partial charge < -0.3 is 14.2 Å². The summed E-state index contributed by atoms with van der Waals surface area (Å²) >= 11 is 0. The van der Waals surface area contributed by atoms with Crippen molar-refractivity contribution < 1.29 is 28.6 Å². The minimum atomic E-state index is -1.58. The summed E-state index contributed by atoms with van der Waals surface area (Å²) in [6.45, 7) is 1.50. The van der Waals surface area contributed by atoms with Gasteiger partial charge in [-0.05, 0) is 12.0 Å². The zero-order valence-corrected chi connectivity index (χ0v) is 21.2. The second kappa shape index (κ2) is 11.4. The molecular formula is C32H24O6. The second-order valence-electron chi connectivity index (χ2n) is 8.29. The number of hydrogen-bond donors (Lipinski definition) is 0. The van der Waals surface area contributed by atoms with Crippen molar-refractivity contribution in [2.75, 3.05) is 20.8 Å². The SMILES string of the molecule is COCC#C/C=C(\C#CC1(OC(C)=O)c2ccccc2C(=O)c2ccccc21)c1ccccc1C(=O)OC. The summed E-state index contributed by atoms with van der Waals surface area (Å²) in [6.07, 6.45) is 1.57. The van der Waals surface area contributed by atoms with Crippen molar-refractivity contribution >= 4 is 23.3 Å². The highest BCUT2D eigenvalue weighted by Gasteiger charge is 2.45. The molecule has 0 N–H and O–H groups in total. The molecule has 0 radical (unpaired) electrons. The average Bonchev–Trinajstić information content (AvgIpc) is 2.94. The van der Waals surface area contributed by atoms with Crippen LogP contribution in [0.1, 0.15) is 49.9 Å². The number of allylic oxidation sites excluding steroid dienone is 2. The molecule has 6 nitrogen and oxygen atoms in total. The number of carbonyl (C=O) groups excluding carboxylic acids is 3. The number of methoxy groups -OCH3 is 2. The van der Waals surface area contributed by atoms with Gasteiger partial charge in [-0.2, -0.15) is 0 Å². The maximum absolute atomic E-state index is 13.3. The van der Waals surface area contributed by atoms with Crippen LogP contribution in [0, 0.1) is 23.7 Å². The molecule has 3 aromatic rings. The first-order chi connectivity index (χ1) is 18.4. The van der Waals surface area contributed by atoms with Crippen LogP contribution in [0.4, 0.5) is 0 Å². The van der Waals surface area contributed by atoms with Crippen LogP contribution >= 0.6 is 0 Å². The van der Waals surface area contributed by atoms with E-state index in [0.717, 1.165) is 0 Å². The smallest absolute Gasteiger partial charge is 0.338 e. The maximum atomic E-state index is 13.3. The number of carbonyl (C=O) groups is 3. The van der Waals surface area contributed by atoms with Crippen molar-refractivity contribution in [3.05, 3.63) is 112 Å². The van der Waals surface area contributed by atoms with Gasteiger partial charge in [-0.25, -0.2) is 4.79 Å². The first-order valence-electron chi connectivity index (χ1n) is 11.7. The largest absolute Gasteiger partial charge is 0.465 e. The zero-order chi connectivity index (χ0) is 27.1. The van der Waals surface area contributed by atoms with Crippen LogP contribution in [0.2, 0.25) is 0 Å². The quantitative estimate of drug-likeness (QED) is 0.383. The standard InChI is InChI=1S/C32H24O6/c1-22(33)38-32(28-17-8-6-15-26(28)30(34)27-16-7-9-18-29(27)32)20-19-23(12-10-11-21-36-2)24-13-4-5-14-25(24)31(35)37-3/h4-9,12-18H,21H2,1-3H3/b23-12+. The summed E-state index contributed by atoms with van der Waals surface area (Å²) in [4.78, 5) is 38.3. The Labute approximate surface area is 221 Å². The molecule has 3 aromatic carbocycles. The van der Waals surface area contributed by atoms with Gasteiger partial charge in [0.05, 0.1) is 12.7 Å². The number of esters is 2. The van der Waals surface area contributed by atoms with Gasteiger partial charge in [0.15, 0.2) is 5.78 Å². The summed E-state index contributed by atoms with van der Waals surface area (Å²) in [5.41, 5.74) is 1.30.